The molecule has 2 heterocycles. The summed E-state index contributed by atoms with van der Waals surface area (Å²) in [5, 5.41) is 3.40. The third-order valence-electron chi connectivity index (χ3n) is 3.43. The van der Waals surface area contributed by atoms with E-state index in [0.29, 0.717) is 6.61 Å². The fraction of sp³-hybridized carbons (Fsp3) is 0.500. The molecule has 102 valence electrons. The Morgan fingerprint density at radius 2 is 2.32 bits per heavy atom. The molecule has 1 saturated heterocycles. The second-order valence-electron chi connectivity index (χ2n) is 5.15. The van der Waals surface area contributed by atoms with Gasteiger partial charge in [0.05, 0.1) is 30.3 Å². The SMILES string of the molecule is CC(C)n1c(C2COCCN2)nc2ccc(F)cc21. The smallest absolute Gasteiger partial charge is 0.129 e. The monoisotopic (exact) mass is 263 g/mol. The molecule has 1 unspecified atom stereocenters. The Bertz CT molecular complexity index is 588. The number of morpholine rings is 1. The zero-order valence-electron chi connectivity index (χ0n) is 11.2. The van der Waals surface area contributed by atoms with Crippen LogP contribution >= 0.6 is 0 Å². The van der Waals surface area contributed by atoms with Gasteiger partial charge in [0.2, 0.25) is 0 Å². The van der Waals surface area contributed by atoms with Gasteiger partial charge < -0.3 is 14.6 Å². The predicted molar refractivity (Wildman–Crippen MR) is 71.6 cm³/mol. The van der Waals surface area contributed by atoms with Crippen molar-refractivity contribution in [3.63, 3.8) is 0 Å². The lowest BCUT2D eigenvalue weighted by atomic mass is 10.2. The van der Waals surface area contributed by atoms with Gasteiger partial charge in [-0.2, -0.15) is 0 Å². The lowest BCUT2D eigenvalue weighted by Gasteiger charge is -2.25. The van der Waals surface area contributed by atoms with Gasteiger partial charge in [-0.05, 0) is 32.0 Å². The molecular weight excluding hydrogens is 245 g/mol. The Kier molecular flexibility index (Phi) is 3.24. The van der Waals surface area contributed by atoms with Gasteiger partial charge in [0.15, 0.2) is 0 Å². The summed E-state index contributed by atoms with van der Waals surface area (Å²) in [6.45, 7) is 6.32. The summed E-state index contributed by atoms with van der Waals surface area (Å²) in [6, 6.07) is 5.04. The topological polar surface area (TPSA) is 39.1 Å². The number of benzene rings is 1. The van der Waals surface area contributed by atoms with Crippen LogP contribution in [0.15, 0.2) is 18.2 Å². The van der Waals surface area contributed by atoms with E-state index < -0.39 is 0 Å². The summed E-state index contributed by atoms with van der Waals surface area (Å²) in [5.74, 6) is 0.698. The second kappa shape index (κ2) is 4.90. The molecular formula is C14H18FN3O. The molecule has 1 fully saturated rings. The van der Waals surface area contributed by atoms with Gasteiger partial charge in [-0.1, -0.05) is 0 Å². The van der Waals surface area contributed by atoms with Crippen molar-refractivity contribution < 1.29 is 9.13 Å². The zero-order valence-corrected chi connectivity index (χ0v) is 11.2. The summed E-state index contributed by atoms with van der Waals surface area (Å²) < 4.78 is 21.0. The molecule has 1 N–H and O–H groups in total. The number of halogens is 1. The van der Waals surface area contributed by atoms with E-state index in [0.717, 1.165) is 30.0 Å². The van der Waals surface area contributed by atoms with E-state index in [1.807, 2.05) is 0 Å². The lowest BCUT2D eigenvalue weighted by molar-refractivity contribution is 0.0729. The Hall–Kier alpha value is -1.46. The van der Waals surface area contributed by atoms with Crippen LogP contribution in [0.5, 0.6) is 0 Å². The van der Waals surface area contributed by atoms with E-state index in [1.165, 1.54) is 6.07 Å². The number of rotatable bonds is 2. The average molecular weight is 263 g/mol. The first kappa shape index (κ1) is 12.6. The highest BCUT2D eigenvalue weighted by atomic mass is 19.1. The van der Waals surface area contributed by atoms with Crippen LogP contribution in [0.4, 0.5) is 4.39 Å². The Morgan fingerprint density at radius 3 is 3.00 bits per heavy atom. The van der Waals surface area contributed by atoms with Crippen molar-refractivity contribution in [3.8, 4) is 0 Å². The molecule has 2 aromatic rings. The number of hydrogen-bond donors (Lipinski definition) is 1. The zero-order chi connectivity index (χ0) is 13.4. The minimum absolute atomic E-state index is 0.0756. The number of aromatic nitrogens is 2. The van der Waals surface area contributed by atoms with E-state index in [-0.39, 0.29) is 17.9 Å². The van der Waals surface area contributed by atoms with Crippen LogP contribution in [-0.4, -0.2) is 29.3 Å². The van der Waals surface area contributed by atoms with Crippen molar-refractivity contribution in [2.45, 2.75) is 25.9 Å². The van der Waals surface area contributed by atoms with Crippen molar-refractivity contribution in [2.24, 2.45) is 0 Å². The first-order chi connectivity index (χ1) is 9.16. The molecule has 1 aliphatic rings. The van der Waals surface area contributed by atoms with E-state index in [9.17, 15) is 4.39 Å². The van der Waals surface area contributed by atoms with Gasteiger partial charge in [-0.25, -0.2) is 9.37 Å². The van der Waals surface area contributed by atoms with Crippen LogP contribution in [0.2, 0.25) is 0 Å². The Morgan fingerprint density at radius 1 is 1.47 bits per heavy atom. The number of nitrogens with one attached hydrogen (secondary N) is 1. The molecule has 1 aromatic heterocycles. The molecule has 0 aliphatic carbocycles. The van der Waals surface area contributed by atoms with Crippen LogP contribution in [0.3, 0.4) is 0 Å². The second-order valence-corrected chi connectivity index (χ2v) is 5.15. The highest BCUT2D eigenvalue weighted by Crippen LogP contribution is 2.26. The number of imidazole rings is 1. The van der Waals surface area contributed by atoms with E-state index in [2.05, 4.69) is 28.7 Å². The Labute approximate surface area is 111 Å². The highest BCUT2D eigenvalue weighted by molar-refractivity contribution is 5.76. The van der Waals surface area contributed by atoms with Crippen LogP contribution < -0.4 is 5.32 Å². The van der Waals surface area contributed by atoms with Gasteiger partial charge in [0, 0.05) is 12.6 Å². The van der Waals surface area contributed by atoms with Crippen LogP contribution in [0, 0.1) is 5.82 Å². The van der Waals surface area contributed by atoms with Crippen molar-refractivity contribution in [2.75, 3.05) is 19.8 Å². The van der Waals surface area contributed by atoms with Gasteiger partial charge in [-0.3, -0.25) is 0 Å². The van der Waals surface area contributed by atoms with Gasteiger partial charge in [0.25, 0.3) is 0 Å². The first-order valence-corrected chi connectivity index (χ1v) is 6.65. The van der Waals surface area contributed by atoms with Crippen molar-refractivity contribution in [3.05, 3.63) is 29.8 Å². The minimum atomic E-state index is -0.228. The summed E-state index contributed by atoms with van der Waals surface area (Å²) in [7, 11) is 0. The summed E-state index contributed by atoms with van der Waals surface area (Å²) >= 11 is 0. The van der Waals surface area contributed by atoms with Crippen LogP contribution in [0.25, 0.3) is 11.0 Å². The van der Waals surface area contributed by atoms with E-state index in [1.54, 1.807) is 12.1 Å². The standard InChI is InChI=1S/C14H18FN3O/c1-9(2)18-13-7-10(15)3-4-11(13)17-14(18)12-8-19-6-5-16-12/h3-4,7,9,12,16H,5-6,8H2,1-2H3. The minimum Gasteiger partial charge on any atom is -0.378 e. The maximum Gasteiger partial charge on any atom is 0.129 e. The van der Waals surface area contributed by atoms with Gasteiger partial charge >= 0.3 is 0 Å². The number of hydrogen-bond acceptors (Lipinski definition) is 3. The molecule has 4 nitrogen and oxygen atoms in total. The number of nitrogens with zero attached hydrogens (tertiary/aromatic N) is 2. The molecule has 5 heteroatoms. The fourth-order valence-electron chi connectivity index (χ4n) is 2.60. The summed E-state index contributed by atoms with van der Waals surface area (Å²) in [4.78, 5) is 4.65. The van der Waals surface area contributed by atoms with E-state index in [4.69, 9.17) is 4.74 Å². The highest BCUT2D eigenvalue weighted by Gasteiger charge is 2.23. The van der Waals surface area contributed by atoms with Gasteiger partial charge in [0.1, 0.15) is 11.6 Å². The molecule has 0 spiro atoms. The molecule has 0 bridgehead atoms. The molecule has 0 radical (unpaired) electrons. The lowest BCUT2D eigenvalue weighted by Crippen LogP contribution is -2.36. The molecule has 0 amide bonds. The van der Waals surface area contributed by atoms with Crippen LogP contribution in [0.1, 0.15) is 31.8 Å². The van der Waals surface area contributed by atoms with Gasteiger partial charge in [-0.15, -0.1) is 0 Å². The van der Waals surface area contributed by atoms with E-state index >= 15 is 0 Å². The average Bonchev–Trinajstić information content (AvgIpc) is 2.78. The van der Waals surface area contributed by atoms with Crippen molar-refractivity contribution in [1.29, 1.82) is 0 Å². The molecule has 19 heavy (non-hydrogen) atoms. The summed E-state index contributed by atoms with van der Waals surface area (Å²) in [5.41, 5.74) is 1.68. The quantitative estimate of drug-likeness (QED) is 0.904. The van der Waals surface area contributed by atoms with Crippen molar-refractivity contribution >= 4 is 11.0 Å². The largest absolute Gasteiger partial charge is 0.378 e. The number of ether oxygens (including phenoxy) is 1. The fourth-order valence-corrected chi connectivity index (χ4v) is 2.60. The predicted octanol–water partition coefficient (Wildman–Crippen LogP) is 2.42. The molecule has 0 saturated carbocycles. The maximum atomic E-state index is 13.5. The first-order valence-electron chi connectivity index (χ1n) is 6.65. The van der Waals surface area contributed by atoms with Crippen LogP contribution in [-0.2, 0) is 4.74 Å². The summed E-state index contributed by atoms with van der Waals surface area (Å²) in [6.07, 6.45) is 0. The molecule has 1 atom stereocenters. The molecule has 1 aliphatic heterocycles. The Balaban J connectivity index is 2.14. The third-order valence-corrected chi connectivity index (χ3v) is 3.43. The molecule has 1 aromatic carbocycles. The van der Waals surface area contributed by atoms with Crippen molar-refractivity contribution in [1.82, 2.24) is 14.9 Å². The third kappa shape index (κ3) is 2.24. The number of fused-ring (bicyclic) bond motifs is 1. The normalized spacial score (nSPS) is 20.3. The maximum absolute atomic E-state index is 13.5. The molecule has 3 rings (SSSR count).